The van der Waals surface area contributed by atoms with Gasteiger partial charge in [0.1, 0.15) is 0 Å². The van der Waals surface area contributed by atoms with Crippen LogP contribution in [-0.2, 0) is 9.63 Å². The minimum absolute atomic E-state index is 0.168. The molecule has 0 aromatic heterocycles. The van der Waals surface area contributed by atoms with Gasteiger partial charge in [-0.2, -0.15) is 0 Å². The van der Waals surface area contributed by atoms with Crippen molar-refractivity contribution < 1.29 is 9.63 Å². The van der Waals surface area contributed by atoms with Gasteiger partial charge in [0.2, 0.25) is 0 Å². The van der Waals surface area contributed by atoms with Crippen molar-refractivity contribution in [1.82, 2.24) is 9.96 Å². The van der Waals surface area contributed by atoms with E-state index in [1.165, 1.54) is 0 Å². The molecule has 0 spiro atoms. The van der Waals surface area contributed by atoms with Crippen molar-refractivity contribution in [3.63, 3.8) is 0 Å². The Morgan fingerprint density at radius 3 is 2.25 bits per heavy atom. The summed E-state index contributed by atoms with van der Waals surface area (Å²) in [6, 6.07) is 0. The van der Waals surface area contributed by atoms with Crippen LogP contribution in [0, 0.1) is 5.41 Å². The molecule has 1 saturated heterocycles. The zero-order valence-corrected chi connectivity index (χ0v) is 11.1. The maximum Gasteiger partial charge on any atom is 0.330 e. The van der Waals surface area contributed by atoms with Crippen LogP contribution < -0.4 is 0 Å². The summed E-state index contributed by atoms with van der Waals surface area (Å²) in [5.41, 5.74) is -0.437. The van der Waals surface area contributed by atoms with Gasteiger partial charge in [-0.05, 0) is 20.8 Å². The Morgan fingerprint density at radius 1 is 1.25 bits per heavy atom. The molecule has 94 valence electrons. The molecule has 0 aromatic carbocycles. The molecule has 16 heavy (non-hydrogen) atoms. The Labute approximate surface area is 102 Å². The van der Waals surface area contributed by atoms with Crippen LogP contribution in [0.25, 0.3) is 0 Å². The highest BCUT2D eigenvalue weighted by atomic mass is 35.5. The summed E-state index contributed by atoms with van der Waals surface area (Å²) in [7, 11) is 0. The third-order valence-electron chi connectivity index (χ3n) is 2.56. The molecular formula is C11H21ClN2O2. The predicted octanol–water partition coefficient (Wildman–Crippen LogP) is 1.35. The molecule has 1 aliphatic rings. The number of hydrogen-bond acceptors (Lipinski definition) is 4. The highest BCUT2D eigenvalue weighted by Gasteiger charge is 2.27. The molecule has 0 bridgehead atoms. The van der Waals surface area contributed by atoms with E-state index in [4.69, 9.17) is 16.4 Å². The van der Waals surface area contributed by atoms with E-state index in [0.717, 1.165) is 32.7 Å². The molecule has 0 aromatic rings. The lowest BCUT2D eigenvalue weighted by atomic mass is 9.98. The fourth-order valence-electron chi connectivity index (χ4n) is 1.42. The first-order valence-corrected chi connectivity index (χ1v) is 6.22. The Kier molecular flexibility index (Phi) is 5.02. The maximum absolute atomic E-state index is 11.6. The van der Waals surface area contributed by atoms with Gasteiger partial charge in [0.05, 0.1) is 5.41 Å². The molecule has 0 amide bonds. The number of rotatable bonds is 3. The van der Waals surface area contributed by atoms with E-state index >= 15 is 0 Å². The van der Waals surface area contributed by atoms with Crippen molar-refractivity contribution in [2.75, 3.05) is 38.6 Å². The first-order valence-electron chi connectivity index (χ1n) is 5.69. The summed E-state index contributed by atoms with van der Waals surface area (Å²) in [4.78, 5) is 19.2. The smallest absolute Gasteiger partial charge is 0.330 e. The highest BCUT2D eigenvalue weighted by molar-refractivity contribution is 6.18. The average Bonchev–Trinajstić information content (AvgIpc) is 2.20. The minimum Gasteiger partial charge on any atom is -0.367 e. The van der Waals surface area contributed by atoms with Crippen LogP contribution in [0.15, 0.2) is 0 Å². The molecule has 1 aliphatic heterocycles. The van der Waals surface area contributed by atoms with Gasteiger partial charge in [-0.15, -0.1) is 16.7 Å². The lowest BCUT2D eigenvalue weighted by Crippen LogP contribution is -2.48. The zero-order valence-electron chi connectivity index (χ0n) is 10.3. The van der Waals surface area contributed by atoms with E-state index in [1.807, 2.05) is 20.8 Å². The number of carbonyl (C=O) groups excluding carboxylic acids is 1. The lowest BCUT2D eigenvalue weighted by molar-refractivity contribution is -0.206. The highest BCUT2D eigenvalue weighted by Crippen LogP contribution is 2.16. The molecule has 0 unspecified atom stereocenters. The van der Waals surface area contributed by atoms with Gasteiger partial charge in [-0.1, -0.05) is 0 Å². The average molecular weight is 249 g/mol. The fourth-order valence-corrected chi connectivity index (χ4v) is 1.66. The zero-order chi connectivity index (χ0) is 12.2. The topological polar surface area (TPSA) is 32.8 Å². The Bertz CT molecular complexity index is 233. The van der Waals surface area contributed by atoms with Crippen molar-refractivity contribution in [3.05, 3.63) is 0 Å². The van der Waals surface area contributed by atoms with Gasteiger partial charge in [0, 0.05) is 38.6 Å². The van der Waals surface area contributed by atoms with Crippen molar-refractivity contribution in [1.29, 1.82) is 0 Å². The molecule has 1 rings (SSSR count). The third-order valence-corrected chi connectivity index (χ3v) is 2.73. The molecule has 0 N–H and O–H groups in total. The molecule has 0 atom stereocenters. The molecule has 0 saturated carbocycles. The number of alkyl halides is 1. The number of hydrogen-bond donors (Lipinski definition) is 0. The standard InChI is InChI=1S/C11H21ClN2O2/c1-11(2,3)10(15)16-14-8-6-13(5-4-12)7-9-14/h4-9H2,1-3H3. The van der Waals surface area contributed by atoms with Crippen LogP contribution in [0.5, 0.6) is 0 Å². The van der Waals surface area contributed by atoms with E-state index in [-0.39, 0.29) is 5.97 Å². The Balaban J connectivity index is 2.30. The normalized spacial score (nSPS) is 19.8. The van der Waals surface area contributed by atoms with Gasteiger partial charge in [0.15, 0.2) is 0 Å². The molecule has 1 fully saturated rings. The van der Waals surface area contributed by atoms with E-state index in [1.54, 1.807) is 5.06 Å². The second-order valence-electron chi connectivity index (χ2n) is 5.09. The Hall–Kier alpha value is -0.320. The van der Waals surface area contributed by atoms with Gasteiger partial charge < -0.3 is 4.84 Å². The van der Waals surface area contributed by atoms with Crippen LogP contribution >= 0.6 is 11.6 Å². The van der Waals surface area contributed by atoms with Crippen LogP contribution in [0.3, 0.4) is 0 Å². The van der Waals surface area contributed by atoms with Gasteiger partial charge in [-0.25, -0.2) is 4.79 Å². The molecule has 0 radical (unpaired) electrons. The summed E-state index contributed by atoms with van der Waals surface area (Å²) in [6.07, 6.45) is 0. The Morgan fingerprint density at radius 2 is 1.81 bits per heavy atom. The second-order valence-corrected chi connectivity index (χ2v) is 5.47. The van der Waals surface area contributed by atoms with Crippen molar-refractivity contribution >= 4 is 17.6 Å². The maximum atomic E-state index is 11.6. The van der Waals surface area contributed by atoms with Gasteiger partial charge in [-0.3, -0.25) is 4.90 Å². The van der Waals surface area contributed by atoms with Gasteiger partial charge in [0.25, 0.3) is 0 Å². The molecular weight excluding hydrogens is 228 g/mol. The van der Waals surface area contributed by atoms with Crippen molar-refractivity contribution in [2.24, 2.45) is 5.41 Å². The van der Waals surface area contributed by atoms with Crippen LogP contribution in [-0.4, -0.2) is 54.5 Å². The van der Waals surface area contributed by atoms with Gasteiger partial charge >= 0.3 is 5.97 Å². The van der Waals surface area contributed by atoms with Crippen LogP contribution in [0.1, 0.15) is 20.8 Å². The quantitative estimate of drug-likeness (QED) is 0.706. The van der Waals surface area contributed by atoms with Crippen molar-refractivity contribution in [3.8, 4) is 0 Å². The summed E-state index contributed by atoms with van der Waals surface area (Å²) in [5.74, 6) is 0.486. The second kappa shape index (κ2) is 5.84. The third kappa shape index (κ3) is 4.28. The number of carbonyl (C=O) groups is 1. The van der Waals surface area contributed by atoms with Crippen LogP contribution in [0.2, 0.25) is 0 Å². The molecule has 1 heterocycles. The van der Waals surface area contributed by atoms with E-state index < -0.39 is 5.41 Å². The fraction of sp³-hybridized carbons (Fsp3) is 0.909. The summed E-state index contributed by atoms with van der Waals surface area (Å²) in [6.45, 7) is 9.82. The minimum atomic E-state index is -0.437. The predicted molar refractivity (Wildman–Crippen MR) is 64.3 cm³/mol. The van der Waals surface area contributed by atoms with Crippen LogP contribution in [0.4, 0.5) is 0 Å². The van der Waals surface area contributed by atoms with E-state index in [9.17, 15) is 4.79 Å². The summed E-state index contributed by atoms with van der Waals surface area (Å²) < 4.78 is 0. The number of piperazine rings is 1. The number of nitrogens with zero attached hydrogens (tertiary/aromatic N) is 2. The first kappa shape index (κ1) is 13.7. The van der Waals surface area contributed by atoms with E-state index in [2.05, 4.69) is 4.90 Å². The van der Waals surface area contributed by atoms with E-state index in [0.29, 0.717) is 5.88 Å². The monoisotopic (exact) mass is 248 g/mol. The lowest BCUT2D eigenvalue weighted by Gasteiger charge is -2.34. The molecule has 0 aliphatic carbocycles. The summed E-state index contributed by atoms with van der Waals surface area (Å²) >= 11 is 5.67. The van der Waals surface area contributed by atoms with Crippen molar-refractivity contribution in [2.45, 2.75) is 20.8 Å². The number of halogens is 1. The molecule has 4 nitrogen and oxygen atoms in total. The largest absolute Gasteiger partial charge is 0.367 e. The molecule has 5 heteroatoms. The first-order chi connectivity index (χ1) is 7.43. The summed E-state index contributed by atoms with van der Waals surface area (Å²) in [5, 5.41) is 1.75. The SMILES string of the molecule is CC(C)(C)C(=O)ON1CCN(CCCl)CC1. The number of hydroxylamine groups is 2.